The molecule has 34 heavy (non-hydrogen) atoms. The Labute approximate surface area is 199 Å². The van der Waals surface area contributed by atoms with Crippen molar-refractivity contribution in [3.05, 3.63) is 104 Å². The smallest absolute Gasteiger partial charge is 0.338 e. The summed E-state index contributed by atoms with van der Waals surface area (Å²) in [6.45, 7) is 3.65. The second kappa shape index (κ2) is 10.1. The number of rotatable bonds is 6. The van der Waals surface area contributed by atoms with Crippen molar-refractivity contribution in [1.82, 2.24) is 9.55 Å². The number of aromatic nitrogens is 2. The summed E-state index contributed by atoms with van der Waals surface area (Å²) in [5.41, 5.74) is 1.46. The number of aryl methyl sites for hydroxylation is 2. The van der Waals surface area contributed by atoms with Crippen LogP contribution in [0.2, 0.25) is 0 Å². The Bertz CT molecular complexity index is 1330. The van der Waals surface area contributed by atoms with E-state index in [2.05, 4.69) is 4.98 Å². The quantitative estimate of drug-likeness (QED) is 0.540. The Morgan fingerprint density at radius 2 is 1.59 bits per heavy atom. The van der Waals surface area contributed by atoms with E-state index in [1.807, 2.05) is 38.1 Å². The maximum absolute atomic E-state index is 12.9. The van der Waals surface area contributed by atoms with Gasteiger partial charge in [0.25, 0.3) is 5.56 Å². The molecule has 9 heteroatoms. The maximum Gasteiger partial charge on any atom is 0.338 e. The number of thioether (sulfide) groups is 1. The van der Waals surface area contributed by atoms with Crippen LogP contribution >= 0.6 is 11.8 Å². The molecule has 0 bridgehead atoms. The first-order valence-corrected chi connectivity index (χ1v) is 11.7. The number of H-pyrrole nitrogens is 1. The Balaban J connectivity index is 1.54. The second-order valence-corrected chi connectivity index (χ2v) is 9.48. The predicted molar refractivity (Wildman–Crippen MR) is 128 cm³/mol. The summed E-state index contributed by atoms with van der Waals surface area (Å²) in [6, 6.07) is 15.5. The van der Waals surface area contributed by atoms with E-state index >= 15 is 0 Å². The van der Waals surface area contributed by atoms with Gasteiger partial charge in [-0.2, -0.15) is 0 Å². The van der Waals surface area contributed by atoms with Crippen molar-refractivity contribution < 1.29 is 19.1 Å². The van der Waals surface area contributed by atoms with Gasteiger partial charge >= 0.3 is 17.6 Å². The molecule has 1 saturated heterocycles. The van der Waals surface area contributed by atoms with E-state index < -0.39 is 39.9 Å². The second-order valence-electron chi connectivity index (χ2n) is 8.05. The third-order valence-electron chi connectivity index (χ3n) is 5.71. The minimum absolute atomic E-state index is 0.00183. The van der Waals surface area contributed by atoms with Crippen LogP contribution in [0.25, 0.3) is 0 Å². The zero-order chi connectivity index (χ0) is 24.2. The first-order valence-electron chi connectivity index (χ1n) is 10.8. The van der Waals surface area contributed by atoms with Crippen LogP contribution in [0.1, 0.15) is 43.6 Å². The largest absolute Gasteiger partial charge is 0.461 e. The van der Waals surface area contributed by atoms with E-state index in [9.17, 15) is 19.2 Å². The SMILES string of the molecule is Cc1ccccc1C(=O)OC[C@H]1S[C@@H](n2ccc(=O)[nH]c2=O)C[C@@H]1OC(=O)c1ccccc1C. The molecule has 1 N–H and O–H groups in total. The highest BCUT2D eigenvalue weighted by molar-refractivity contribution is 8.00. The summed E-state index contributed by atoms with van der Waals surface area (Å²) < 4.78 is 12.8. The minimum atomic E-state index is -0.606. The fourth-order valence-electron chi connectivity index (χ4n) is 3.84. The number of benzene rings is 2. The van der Waals surface area contributed by atoms with E-state index in [0.717, 1.165) is 11.1 Å². The van der Waals surface area contributed by atoms with Crippen LogP contribution in [-0.4, -0.2) is 39.5 Å². The van der Waals surface area contributed by atoms with Gasteiger partial charge in [0.1, 0.15) is 12.7 Å². The van der Waals surface area contributed by atoms with E-state index in [1.165, 1.54) is 28.6 Å². The molecule has 2 heterocycles. The predicted octanol–water partition coefficient (Wildman–Crippen LogP) is 3.24. The molecule has 0 unspecified atom stereocenters. The lowest BCUT2D eigenvalue weighted by molar-refractivity contribution is 0.0204. The summed E-state index contributed by atoms with van der Waals surface area (Å²) in [5.74, 6) is -0.944. The van der Waals surface area contributed by atoms with Crippen LogP contribution in [0.15, 0.2) is 70.4 Å². The average molecular weight is 481 g/mol. The molecule has 0 saturated carbocycles. The molecule has 2 aromatic carbocycles. The molecule has 176 valence electrons. The normalized spacial score (nSPS) is 19.5. The van der Waals surface area contributed by atoms with Crippen LogP contribution < -0.4 is 11.2 Å². The number of hydrogen-bond acceptors (Lipinski definition) is 7. The molecule has 8 nitrogen and oxygen atoms in total. The highest BCUT2D eigenvalue weighted by Gasteiger charge is 2.40. The zero-order valence-electron chi connectivity index (χ0n) is 18.7. The third kappa shape index (κ3) is 5.14. The van der Waals surface area contributed by atoms with Crippen molar-refractivity contribution in [3.63, 3.8) is 0 Å². The lowest BCUT2D eigenvalue weighted by Crippen LogP contribution is -2.31. The Kier molecular flexibility index (Phi) is 7.02. The van der Waals surface area contributed by atoms with Crippen molar-refractivity contribution in [1.29, 1.82) is 0 Å². The van der Waals surface area contributed by atoms with Crippen molar-refractivity contribution in [2.75, 3.05) is 6.61 Å². The monoisotopic (exact) mass is 480 g/mol. The van der Waals surface area contributed by atoms with E-state index in [4.69, 9.17) is 9.47 Å². The molecule has 1 aliphatic rings. The topological polar surface area (TPSA) is 107 Å². The molecular weight excluding hydrogens is 456 g/mol. The number of ether oxygens (including phenoxy) is 2. The molecule has 0 spiro atoms. The van der Waals surface area contributed by atoms with Crippen molar-refractivity contribution in [2.24, 2.45) is 0 Å². The molecule has 1 fully saturated rings. The van der Waals surface area contributed by atoms with Crippen molar-refractivity contribution >= 4 is 23.7 Å². The van der Waals surface area contributed by atoms with Gasteiger partial charge in [0.15, 0.2) is 0 Å². The van der Waals surface area contributed by atoms with Gasteiger partial charge in [0, 0.05) is 18.7 Å². The van der Waals surface area contributed by atoms with Crippen LogP contribution in [0.5, 0.6) is 0 Å². The Morgan fingerprint density at radius 1 is 0.971 bits per heavy atom. The van der Waals surface area contributed by atoms with Crippen LogP contribution in [0, 0.1) is 13.8 Å². The van der Waals surface area contributed by atoms with E-state index in [1.54, 1.807) is 24.3 Å². The summed E-state index contributed by atoms with van der Waals surface area (Å²) in [6.07, 6.45) is 1.13. The summed E-state index contributed by atoms with van der Waals surface area (Å²) >= 11 is 1.36. The van der Waals surface area contributed by atoms with E-state index in [-0.39, 0.29) is 6.61 Å². The first kappa shape index (κ1) is 23.6. The van der Waals surface area contributed by atoms with Crippen molar-refractivity contribution in [3.8, 4) is 0 Å². The molecule has 0 aliphatic carbocycles. The first-order chi connectivity index (χ1) is 16.3. The molecule has 3 atom stereocenters. The lowest BCUT2D eigenvalue weighted by Gasteiger charge is -2.19. The summed E-state index contributed by atoms with van der Waals surface area (Å²) in [5, 5.41) is -0.800. The number of carbonyl (C=O) groups excluding carboxylic acids is 2. The van der Waals surface area contributed by atoms with Crippen LogP contribution in [0.3, 0.4) is 0 Å². The van der Waals surface area contributed by atoms with Crippen LogP contribution in [0.4, 0.5) is 0 Å². The number of aromatic amines is 1. The van der Waals surface area contributed by atoms with Gasteiger partial charge < -0.3 is 9.47 Å². The zero-order valence-corrected chi connectivity index (χ0v) is 19.5. The van der Waals surface area contributed by atoms with Gasteiger partial charge in [-0.05, 0) is 37.1 Å². The van der Waals surface area contributed by atoms with Crippen molar-refractivity contribution in [2.45, 2.75) is 37.0 Å². The Hall–Kier alpha value is -3.59. The minimum Gasteiger partial charge on any atom is -0.461 e. The van der Waals surface area contributed by atoms with Gasteiger partial charge in [0.05, 0.1) is 21.8 Å². The van der Waals surface area contributed by atoms with Crippen LogP contribution in [-0.2, 0) is 9.47 Å². The lowest BCUT2D eigenvalue weighted by atomic mass is 10.1. The van der Waals surface area contributed by atoms with Gasteiger partial charge in [-0.15, -0.1) is 11.8 Å². The molecule has 3 aromatic rings. The maximum atomic E-state index is 12.9. The number of hydrogen-bond donors (Lipinski definition) is 1. The highest BCUT2D eigenvalue weighted by atomic mass is 32.2. The number of nitrogens with one attached hydrogen (secondary N) is 1. The standard InChI is InChI=1S/C25H24N2O6S/c1-15-7-3-5-9-17(15)23(29)32-14-20-19(33-24(30)18-10-6-4-8-16(18)2)13-22(34-20)27-12-11-21(28)26-25(27)31/h3-12,19-20,22H,13-14H2,1-2H3,(H,26,28,31)/t19-,20+,22+/m0/s1. The fraction of sp³-hybridized carbons (Fsp3) is 0.280. The molecule has 4 rings (SSSR count). The number of esters is 2. The molecular formula is C25H24N2O6S. The molecule has 1 aromatic heterocycles. The Morgan fingerprint density at radius 3 is 2.21 bits per heavy atom. The van der Waals surface area contributed by atoms with E-state index in [0.29, 0.717) is 17.5 Å². The van der Waals surface area contributed by atoms with Gasteiger partial charge in [0.2, 0.25) is 0 Å². The van der Waals surface area contributed by atoms with Gasteiger partial charge in [-0.25, -0.2) is 14.4 Å². The van der Waals surface area contributed by atoms with Gasteiger partial charge in [-0.3, -0.25) is 14.3 Å². The summed E-state index contributed by atoms with van der Waals surface area (Å²) in [4.78, 5) is 51.5. The molecule has 1 aliphatic heterocycles. The third-order valence-corrected chi connectivity index (χ3v) is 7.23. The number of nitrogens with zero attached hydrogens (tertiary/aromatic N) is 1. The molecule has 0 amide bonds. The number of carbonyl (C=O) groups is 2. The highest BCUT2D eigenvalue weighted by Crippen LogP contribution is 2.42. The fourth-order valence-corrected chi connectivity index (χ4v) is 5.33. The summed E-state index contributed by atoms with van der Waals surface area (Å²) in [7, 11) is 0. The average Bonchev–Trinajstić information content (AvgIpc) is 3.20. The molecule has 0 radical (unpaired) electrons. The van der Waals surface area contributed by atoms with Gasteiger partial charge in [-0.1, -0.05) is 36.4 Å².